The Morgan fingerprint density at radius 1 is 1.43 bits per heavy atom. The molecule has 0 fully saturated rings. The van der Waals surface area contributed by atoms with Crippen LogP contribution in [0.5, 0.6) is 0 Å². The molecular weight excluding hydrogens is 270 g/mol. The van der Waals surface area contributed by atoms with E-state index in [-0.39, 0.29) is 16.7 Å². The summed E-state index contributed by atoms with van der Waals surface area (Å²) in [5.41, 5.74) is 1.48. The highest BCUT2D eigenvalue weighted by Crippen LogP contribution is 2.30. The minimum absolute atomic E-state index is 0.0717. The summed E-state index contributed by atoms with van der Waals surface area (Å²) in [6, 6.07) is 6.81. The fraction of sp³-hybridized carbons (Fsp3) is 0.400. The van der Waals surface area contributed by atoms with Crippen molar-refractivity contribution in [2.24, 2.45) is 0 Å². The Kier molecular flexibility index (Phi) is 5.05. The molecular formula is C15H19N3O3. The van der Waals surface area contributed by atoms with Gasteiger partial charge in [-0.25, -0.2) is 0 Å². The van der Waals surface area contributed by atoms with E-state index in [0.717, 1.165) is 18.5 Å². The maximum atomic E-state index is 11.1. The predicted molar refractivity (Wildman–Crippen MR) is 82.6 cm³/mol. The summed E-state index contributed by atoms with van der Waals surface area (Å²) in [7, 11) is 1.66. The predicted octanol–water partition coefficient (Wildman–Crippen LogP) is 3.37. The Morgan fingerprint density at radius 2 is 2.24 bits per heavy atom. The van der Waals surface area contributed by atoms with Crippen LogP contribution in [-0.2, 0) is 4.74 Å². The lowest BCUT2D eigenvalue weighted by Gasteiger charge is -2.19. The van der Waals surface area contributed by atoms with E-state index >= 15 is 0 Å². The quantitative estimate of drug-likeness (QED) is 0.624. The van der Waals surface area contributed by atoms with Gasteiger partial charge in [0.05, 0.1) is 22.6 Å². The van der Waals surface area contributed by atoms with E-state index in [1.54, 1.807) is 31.5 Å². The molecule has 1 atom stereocenters. The Morgan fingerprint density at radius 3 is 2.90 bits per heavy atom. The van der Waals surface area contributed by atoms with Crippen molar-refractivity contribution in [3.05, 3.63) is 40.6 Å². The van der Waals surface area contributed by atoms with Crippen LogP contribution in [0.25, 0.3) is 10.9 Å². The van der Waals surface area contributed by atoms with Gasteiger partial charge in [-0.3, -0.25) is 15.1 Å². The first-order chi connectivity index (χ1) is 10.2. The van der Waals surface area contributed by atoms with E-state index in [9.17, 15) is 10.1 Å². The molecule has 6 nitrogen and oxygen atoms in total. The third-order valence-electron chi connectivity index (χ3n) is 3.31. The van der Waals surface area contributed by atoms with Crippen molar-refractivity contribution in [3.63, 3.8) is 0 Å². The largest absolute Gasteiger partial charge is 0.383 e. The van der Waals surface area contributed by atoms with Gasteiger partial charge in [-0.1, -0.05) is 13.3 Å². The average Bonchev–Trinajstić information content (AvgIpc) is 2.47. The number of non-ortho nitro benzene ring substituents is 1. The van der Waals surface area contributed by atoms with Crippen LogP contribution < -0.4 is 5.32 Å². The summed E-state index contributed by atoms with van der Waals surface area (Å²) in [6.07, 6.45) is 3.63. The first kappa shape index (κ1) is 15.2. The number of fused-ring (bicyclic) bond motifs is 1. The second-order valence-corrected chi connectivity index (χ2v) is 4.87. The van der Waals surface area contributed by atoms with E-state index in [0.29, 0.717) is 17.5 Å². The minimum atomic E-state index is -0.382. The SMILES string of the molecule is CCCC(COC)Nc1ccc([N+](=O)[O-])c2cccnc12. The number of rotatable bonds is 7. The smallest absolute Gasteiger partial charge is 0.278 e. The molecule has 0 saturated heterocycles. The highest BCUT2D eigenvalue weighted by atomic mass is 16.6. The van der Waals surface area contributed by atoms with Gasteiger partial charge in [0.15, 0.2) is 0 Å². The lowest BCUT2D eigenvalue weighted by molar-refractivity contribution is -0.383. The van der Waals surface area contributed by atoms with E-state index in [1.165, 1.54) is 6.07 Å². The molecule has 2 rings (SSSR count). The van der Waals surface area contributed by atoms with Gasteiger partial charge in [0.1, 0.15) is 5.52 Å². The number of nitrogens with zero attached hydrogens (tertiary/aromatic N) is 2. The molecule has 112 valence electrons. The van der Waals surface area contributed by atoms with Crippen LogP contribution in [0.1, 0.15) is 19.8 Å². The van der Waals surface area contributed by atoms with Gasteiger partial charge < -0.3 is 10.1 Å². The van der Waals surface area contributed by atoms with Gasteiger partial charge >= 0.3 is 0 Å². The molecule has 0 amide bonds. The van der Waals surface area contributed by atoms with Crippen LogP contribution >= 0.6 is 0 Å². The van der Waals surface area contributed by atoms with Crippen molar-refractivity contribution in [1.82, 2.24) is 4.98 Å². The zero-order valence-corrected chi connectivity index (χ0v) is 12.2. The number of nitrogens with one attached hydrogen (secondary N) is 1. The fourth-order valence-corrected chi connectivity index (χ4v) is 2.40. The summed E-state index contributed by atoms with van der Waals surface area (Å²) in [5.74, 6) is 0. The van der Waals surface area contributed by atoms with Crippen LogP contribution in [0, 0.1) is 10.1 Å². The Labute approximate surface area is 123 Å². The number of nitro groups is 1. The summed E-state index contributed by atoms with van der Waals surface area (Å²) in [5, 5.41) is 15.0. The maximum absolute atomic E-state index is 11.1. The molecule has 1 aromatic heterocycles. The molecule has 0 spiro atoms. The molecule has 0 aliphatic carbocycles. The Balaban J connectivity index is 2.40. The van der Waals surface area contributed by atoms with Crippen molar-refractivity contribution >= 4 is 22.3 Å². The van der Waals surface area contributed by atoms with Crippen LogP contribution in [0.3, 0.4) is 0 Å². The molecule has 1 N–H and O–H groups in total. The monoisotopic (exact) mass is 289 g/mol. The summed E-state index contributed by atoms with van der Waals surface area (Å²) >= 11 is 0. The standard InChI is InChI=1S/C15H19N3O3/c1-3-5-11(10-21-2)17-13-7-8-14(18(19)20)12-6-4-9-16-15(12)13/h4,6-9,11,17H,3,5,10H2,1-2H3. The highest BCUT2D eigenvalue weighted by Gasteiger charge is 2.16. The van der Waals surface area contributed by atoms with Crippen molar-refractivity contribution in [3.8, 4) is 0 Å². The van der Waals surface area contributed by atoms with Gasteiger partial charge in [-0.2, -0.15) is 0 Å². The first-order valence-electron chi connectivity index (χ1n) is 6.95. The second-order valence-electron chi connectivity index (χ2n) is 4.87. The van der Waals surface area contributed by atoms with Crippen LogP contribution in [0.15, 0.2) is 30.5 Å². The minimum Gasteiger partial charge on any atom is -0.383 e. The topological polar surface area (TPSA) is 77.3 Å². The van der Waals surface area contributed by atoms with E-state index in [1.807, 2.05) is 0 Å². The van der Waals surface area contributed by atoms with Gasteiger partial charge in [-0.15, -0.1) is 0 Å². The van der Waals surface area contributed by atoms with Gasteiger partial charge in [0, 0.05) is 25.4 Å². The molecule has 21 heavy (non-hydrogen) atoms. The Hall–Kier alpha value is -2.21. The van der Waals surface area contributed by atoms with E-state index in [2.05, 4.69) is 17.2 Å². The molecule has 0 aliphatic heterocycles. The van der Waals surface area contributed by atoms with E-state index < -0.39 is 0 Å². The zero-order valence-electron chi connectivity index (χ0n) is 12.2. The number of benzene rings is 1. The van der Waals surface area contributed by atoms with Gasteiger partial charge in [0.2, 0.25) is 0 Å². The number of pyridine rings is 1. The third-order valence-corrected chi connectivity index (χ3v) is 3.31. The number of hydrogen-bond donors (Lipinski definition) is 1. The molecule has 0 saturated carbocycles. The van der Waals surface area contributed by atoms with Gasteiger partial charge in [-0.05, 0) is 24.6 Å². The number of nitro benzene ring substituents is 1. The number of anilines is 1. The number of aromatic nitrogens is 1. The highest BCUT2D eigenvalue weighted by molar-refractivity contribution is 5.96. The molecule has 0 aliphatic rings. The summed E-state index contributed by atoms with van der Waals surface area (Å²) in [6.45, 7) is 2.69. The van der Waals surface area contributed by atoms with Crippen LogP contribution in [-0.4, -0.2) is 29.7 Å². The number of hydrogen-bond acceptors (Lipinski definition) is 5. The Bertz CT molecular complexity index is 625. The fourth-order valence-electron chi connectivity index (χ4n) is 2.40. The van der Waals surface area contributed by atoms with Crippen LogP contribution in [0.2, 0.25) is 0 Å². The maximum Gasteiger partial charge on any atom is 0.278 e. The summed E-state index contributed by atoms with van der Waals surface area (Å²) < 4.78 is 5.21. The molecule has 1 aromatic carbocycles. The molecule has 0 bridgehead atoms. The molecule has 1 heterocycles. The van der Waals surface area contributed by atoms with Crippen molar-refractivity contribution in [2.75, 3.05) is 19.0 Å². The number of ether oxygens (including phenoxy) is 1. The molecule has 6 heteroatoms. The lowest BCUT2D eigenvalue weighted by Crippen LogP contribution is -2.24. The normalized spacial score (nSPS) is 12.3. The van der Waals surface area contributed by atoms with Gasteiger partial charge in [0.25, 0.3) is 5.69 Å². The number of methoxy groups -OCH3 is 1. The third kappa shape index (κ3) is 3.46. The lowest BCUT2D eigenvalue weighted by atomic mass is 10.1. The summed E-state index contributed by atoms with van der Waals surface area (Å²) in [4.78, 5) is 15.0. The average molecular weight is 289 g/mol. The second kappa shape index (κ2) is 6.99. The molecule has 2 aromatic rings. The molecule has 0 radical (unpaired) electrons. The van der Waals surface area contributed by atoms with Crippen LogP contribution in [0.4, 0.5) is 11.4 Å². The van der Waals surface area contributed by atoms with Crippen molar-refractivity contribution in [1.29, 1.82) is 0 Å². The van der Waals surface area contributed by atoms with Crippen molar-refractivity contribution in [2.45, 2.75) is 25.8 Å². The first-order valence-corrected chi connectivity index (χ1v) is 6.95. The van der Waals surface area contributed by atoms with E-state index in [4.69, 9.17) is 4.74 Å². The van der Waals surface area contributed by atoms with Crippen molar-refractivity contribution < 1.29 is 9.66 Å². The zero-order chi connectivity index (χ0) is 15.2. The molecule has 1 unspecified atom stereocenters.